The Labute approximate surface area is 174 Å². The average molecular weight is 418 g/mol. The van der Waals surface area contributed by atoms with E-state index in [1.165, 1.54) is 4.31 Å². The third-order valence-electron chi connectivity index (χ3n) is 4.57. The van der Waals surface area contributed by atoms with E-state index in [1.54, 1.807) is 42.5 Å². The Morgan fingerprint density at radius 1 is 1.00 bits per heavy atom. The molecule has 0 fully saturated rings. The van der Waals surface area contributed by atoms with Gasteiger partial charge in [0.05, 0.1) is 10.6 Å². The van der Waals surface area contributed by atoms with E-state index < -0.39 is 10.0 Å². The number of sulfonamides is 1. The summed E-state index contributed by atoms with van der Waals surface area (Å²) in [5.41, 5.74) is 1.58. The Morgan fingerprint density at radius 3 is 2.17 bits per heavy atom. The van der Waals surface area contributed by atoms with Gasteiger partial charge < -0.3 is 10.2 Å². The zero-order chi connectivity index (χ0) is 21.4. The quantitative estimate of drug-likeness (QED) is 0.603. The first-order valence-electron chi connectivity index (χ1n) is 9.81. The van der Waals surface area contributed by atoms with Gasteiger partial charge in [-0.15, -0.1) is 0 Å². The molecular weight excluding hydrogens is 386 g/mol. The fraction of sp³-hybridized carbons (Fsp3) is 0.409. The summed E-state index contributed by atoms with van der Waals surface area (Å²) in [6.07, 6.45) is 0.799. The molecule has 0 bridgehead atoms. The molecule has 2 aromatic carbocycles. The van der Waals surface area contributed by atoms with Gasteiger partial charge >= 0.3 is 0 Å². The number of carbonyl (C=O) groups excluding carboxylic acids is 1. The number of amides is 1. The minimum absolute atomic E-state index is 0.161. The van der Waals surface area contributed by atoms with Crippen molar-refractivity contribution in [3.8, 4) is 0 Å². The molecule has 0 saturated heterocycles. The molecular formula is C22H31N3O3S. The van der Waals surface area contributed by atoms with Gasteiger partial charge in [0.1, 0.15) is 6.54 Å². The lowest BCUT2D eigenvalue weighted by Gasteiger charge is -2.24. The lowest BCUT2D eigenvalue weighted by molar-refractivity contribution is -0.119. The Balaban J connectivity index is 2.25. The smallest absolute Gasteiger partial charge is 0.264 e. The summed E-state index contributed by atoms with van der Waals surface area (Å²) in [6, 6.07) is 15.5. The lowest BCUT2D eigenvalue weighted by Crippen LogP contribution is -2.41. The van der Waals surface area contributed by atoms with Gasteiger partial charge in [-0.25, -0.2) is 8.42 Å². The van der Waals surface area contributed by atoms with Crippen molar-refractivity contribution in [1.82, 2.24) is 10.2 Å². The Bertz CT molecular complexity index is 879. The Morgan fingerprint density at radius 2 is 1.62 bits per heavy atom. The molecule has 1 amide bonds. The van der Waals surface area contributed by atoms with Crippen LogP contribution >= 0.6 is 0 Å². The van der Waals surface area contributed by atoms with Gasteiger partial charge in [0.15, 0.2) is 0 Å². The largest absolute Gasteiger partial charge is 0.354 e. The number of hydrogen-bond donors (Lipinski definition) is 1. The van der Waals surface area contributed by atoms with Crippen molar-refractivity contribution in [3.63, 3.8) is 0 Å². The van der Waals surface area contributed by atoms with Crippen LogP contribution in [0.3, 0.4) is 0 Å². The summed E-state index contributed by atoms with van der Waals surface area (Å²) < 4.78 is 27.7. The minimum atomic E-state index is -3.86. The van der Waals surface area contributed by atoms with Gasteiger partial charge in [-0.05, 0) is 62.8 Å². The van der Waals surface area contributed by atoms with E-state index in [0.29, 0.717) is 18.2 Å². The van der Waals surface area contributed by atoms with Crippen LogP contribution in [0.15, 0.2) is 59.5 Å². The van der Waals surface area contributed by atoms with Crippen LogP contribution in [0, 0.1) is 0 Å². The Hall–Kier alpha value is -2.38. The number of benzene rings is 2. The van der Waals surface area contributed by atoms with Crippen LogP contribution in [-0.4, -0.2) is 53.0 Å². The van der Waals surface area contributed by atoms with Gasteiger partial charge in [-0.2, -0.15) is 0 Å². The maximum absolute atomic E-state index is 13.2. The molecule has 0 heterocycles. The Kier molecular flexibility index (Phi) is 8.22. The highest BCUT2D eigenvalue weighted by molar-refractivity contribution is 7.92. The molecule has 1 N–H and O–H groups in total. The molecule has 0 radical (unpaired) electrons. The second-order valence-electron chi connectivity index (χ2n) is 7.58. The first-order valence-corrected chi connectivity index (χ1v) is 11.2. The first kappa shape index (κ1) is 22.9. The van der Waals surface area contributed by atoms with E-state index >= 15 is 0 Å². The van der Waals surface area contributed by atoms with Gasteiger partial charge in [0, 0.05) is 6.54 Å². The molecule has 0 saturated carbocycles. The van der Waals surface area contributed by atoms with Crippen molar-refractivity contribution in [2.45, 2.75) is 31.1 Å². The highest BCUT2D eigenvalue weighted by Crippen LogP contribution is 2.25. The van der Waals surface area contributed by atoms with Crippen molar-refractivity contribution < 1.29 is 13.2 Å². The molecule has 158 valence electrons. The molecule has 6 nitrogen and oxygen atoms in total. The zero-order valence-electron chi connectivity index (χ0n) is 17.6. The number of nitrogens with zero attached hydrogens (tertiary/aromatic N) is 2. The summed E-state index contributed by atoms with van der Waals surface area (Å²) >= 11 is 0. The molecule has 29 heavy (non-hydrogen) atoms. The SMILES string of the molecule is CC(C)c1ccc(N(CC(=O)NCCCN(C)C)S(=O)(=O)c2ccccc2)cc1. The minimum Gasteiger partial charge on any atom is -0.354 e. The van der Waals surface area contributed by atoms with Crippen LogP contribution in [0.4, 0.5) is 5.69 Å². The van der Waals surface area contributed by atoms with E-state index in [2.05, 4.69) is 19.2 Å². The summed E-state index contributed by atoms with van der Waals surface area (Å²) in [4.78, 5) is 14.7. The van der Waals surface area contributed by atoms with E-state index in [-0.39, 0.29) is 17.3 Å². The average Bonchev–Trinajstić information content (AvgIpc) is 2.70. The van der Waals surface area contributed by atoms with Gasteiger partial charge in [-0.1, -0.05) is 44.2 Å². The monoisotopic (exact) mass is 417 g/mol. The summed E-state index contributed by atoms with van der Waals surface area (Å²) in [5.74, 6) is 0.0134. The molecule has 0 aliphatic rings. The predicted octanol–water partition coefficient (Wildman–Crippen LogP) is 3.07. The fourth-order valence-corrected chi connectivity index (χ4v) is 4.31. The predicted molar refractivity (Wildman–Crippen MR) is 118 cm³/mol. The number of carbonyl (C=O) groups is 1. The fourth-order valence-electron chi connectivity index (χ4n) is 2.87. The van der Waals surface area contributed by atoms with Crippen molar-refractivity contribution in [2.24, 2.45) is 0 Å². The highest BCUT2D eigenvalue weighted by atomic mass is 32.2. The maximum atomic E-state index is 13.2. The highest BCUT2D eigenvalue weighted by Gasteiger charge is 2.27. The lowest BCUT2D eigenvalue weighted by atomic mass is 10.0. The standard InChI is InChI=1S/C22H31N3O3S/c1-18(2)19-11-13-20(14-12-19)25(17-22(26)23-15-8-16-24(3)4)29(27,28)21-9-6-5-7-10-21/h5-7,9-14,18H,8,15-17H2,1-4H3,(H,23,26). The van der Waals surface area contributed by atoms with E-state index in [4.69, 9.17) is 0 Å². The summed E-state index contributed by atoms with van der Waals surface area (Å²) in [7, 11) is 0.0761. The molecule has 0 unspecified atom stereocenters. The van der Waals surface area contributed by atoms with Crippen LogP contribution in [0.2, 0.25) is 0 Å². The van der Waals surface area contributed by atoms with E-state index in [9.17, 15) is 13.2 Å². The molecule has 2 rings (SSSR count). The number of hydrogen-bond acceptors (Lipinski definition) is 4. The number of rotatable bonds is 10. The van der Waals surface area contributed by atoms with Gasteiger partial charge in [0.2, 0.25) is 5.91 Å². The van der Waals surface area contributed by atoms with Gasteiger partial charge in [-0.3, -0.25) is 9.10 Å². The second-order valence-corrected chi connectivity index (χ2v) is 9.44. The zero-order valence-corrected chi connectivity index (χ0v) is 18.4. The molecule has 2 aromatic rings. The second kappa shape index (κ2) is 10.4. The molecule has 0 aromatic heterocycles. The van der Waals surface area contributed by atoms with Gasteiger partial charge in [0.25, 0.3) is 10.0 Å². The molecule has 0 aliphatic carbocycles. The molecule has 0 aliphatic heterocycles. The topological polar surface area (TPSA) is 69.7 Å². The summed E-state index contributed by atoms with van der Waals surface area (Å²) in [6.45, 7) is 5.25. The molecule has 0 atom stereocenters. The van der Waals surface area contributed by atoms with Crippen LogP contribution in [0.5, 0.6) is 0 Å². The number of nitrogens with one attached hydrogen (secondary N) is 1. The maximum Gasteiger partial charge on any atom is 0.264 e. The van der Waals surface area contributed by atoms with Crippen LogP contribution in [0.1, 0.15) is 31.7 Å². The van der Waals surface area contributed by atoms with Crippen molar-refractivity contribution in [3.05, 3.63) is 60.2 Å². The normalized spacial score (nSPS) is 11.7. The third-order valence-corrected chi connectivity index (χ3v) is 6.36. The first-order chi connectivity index (χ1) is 13.7. The number of anilines is 1. The van der Waals surface area contributed by atoms with Crippen LogP contribution < -0.4 is 9.62 Å². The van der Waals surface area contributed by atoms with Crippen molar-refractivity contribution in [2.75, 3.05) is 38.0 Å². The summed E-state index contributed by atoms with van der Waals surface area (Å²) in [5, 5.41) is 2.82. The third kappa shape index (κ3) is 6.58. The molecule has 7 heteroatoms. The van der Waals surface area contributed by atoms with Crippen LogP contribution in [-0.2, 0) is 14.8 Å². The van der Waals surface area contributed by atoms with Crippen molar-refractivity contribution in [1.29, 1.82) is 0 Å². The molecule has 0 spiro atoms. The van der Waals surface area contributed by atoms with E-state index in [1.807, 2.05) is 31.1 Å². The van der Waals surface area contributed by atoms with E-state index in [0.717, 1.165) is 18.5 Å². The van der Waals surface area contributed by atoms with Crippen molar-refractivity contribution >= 4 is 21.6 Å². The van der Waals surface area contributed by atoms with Crippen LogP contribution in [0.25, 0.3) is 0 Å².